The molecule has 0 bridgehead atoms. The maximum absolute atomic E-state index is 13.0. The van der Waals surface area contributed by atoms with Crippen molar-refractivity contribution in [1.82, 2.24) is 9.88 Å². The van der Waals surface area contributed by atoms with Gasteiger partial charge in [0.1, 0.15) is 5.56 Å². The van der Waals surface area contributed by atoms with Crippen LogP contribution in [0.15, 0.2) is 36.4 Å². The van der Waals surface area contributed by atoms with E-state index < -0.39 is 0 Å². The van der Waals surface area contributed by atoms with E-state index in [0.717, 1.165) is 25.1 Å². The maximum Gasteiger partial charge on any atom is 0.259 e. The number of hydrogen-bond acceptors (Lipinski definition) is 5. The number of nitrogens with one attached hydrogen (secondary N) is 1. The van der Waals surface area contributed by atoms with Crippen molar-refractivity contribution in [3.8, 4) is 11.8 Å². The van der Waals surface area contributed by atoms with Crippen LogP contribution in [0, 0.1) is 0 Å². The van der Waals surface area contributed by atoms with Crippen molar-refractivity contribution in [2.24, 2.45) is 0 Å². The van der Waals surface area contributed by atoms with Gasteiger partial charge < -0.3 is 19.7 Å². The Morgan fingerprint density at radius 1 is 1.14 bits per heavy atom. The smallest absolute Gasteiger partial charge is 0.259 e. The van der Waals surface area contributed by atoms with Crippen LogP contribution in [0.4, 0.5) is 5.69 Å². The number of methoxy groups -OCH3 is 2. The summed E-state index contributed by atoms with van der Waals surface area (Å²) in [6, 6.07) is 12.2. The van der Waals surface area contributed by atoms with Crippen molar-refractivity contribution in [2.45, 2.75) is 38.6 Å². The third kappa shape index (κ3) is 4.55. The van der Waals surface area contributed by atoms with Crippen LogP contribution in [-0.4, -0.2) is 49.1 Å². The molecule has 0 spiro atoms. The number of nitrogens with zero attached hydrogens (tertiary/aromatic N) is 2. The molecule has 1 saturated heterocycles. The average Bonchev–Trinajstić information content (AvgIpc) is 2.73. The third-order valence-electron chi connectivity index (χ3n) is 5.12. The van der Waals surface area contributed by atoms with Gasteiger partial charge in [-0.15, -0.1) is 0 Å². The van der Waals surface area contributed by atoms with Gasteiger partial charge in [0.25, 0.3) is 5.91 Å². The minimum Gasteiger partial charge on any atom is -0.481 e. The predicted octanol–water partition coefficient (Wildman–Crippen LogP) is 3.94. The molecule has 6 heteroatoms. The molecule has 1 fully saturated rings. The number of rotatable bonds is 6. The first kappa shape index (κ1) is 20.0. The highest BCUT2D eigenvalue weighted by Gasteiger charge is 2.27. The molecule has 2 aromatic rings. The van der Waals surface area contributed by atoms with Crippen LogP contribution in [0.1, 0.15) is 48.5 Å². The first-order chi connectivity index (χ1) is 13.5. The SMILES string of the molecule is COc1ccc(C(=O)N2CCC[C@H](Nc3ccc(C(C)C)cc3)C2)c(OC)n1. The Hall–Kier alpha value is -2.76. The van der Waals surface area contributed by atoms with Crippen LogP contribution in [0.25, 0.3) is 0 Å². The second-order valence-electron chi connectivity index (χ2n) is 7.42. The normalized spacial score (nSPS) is 16.8. The van der Waals surface area contributed by atoms with Crippen LogP contribution in [-0.2, 0) is 0 Å². The summed E-state index contributed by atoms with van der Waals surface area (Å²) >= 11 is 0. The molecule has 1 atom stereocenters. The molecule has 2 heterocycles. The summed E-state index contributed by atoms with van der Waals surface area (Å²) in [5.74, 6) is 1.18. The van der Waals surface area contributed by atoms with E-state index in [9.17, 15) is 4.79 Å². The fourth-order valence-electron chi connectivity index (χ4n) is 3.51. The first-order valence-electron chi connectivity index (χ1n) is 9.76. The van der Waals surface area contributed by atoms with E-state index in [-0.39, 0.29) is 11.9 Å². The lowest BCUT2D eigenvalue weighted by molar-refractivity contribution is 0.0710. The lowest BCUT2D eigenvalue weighted by atomic mass is 10.0. The zero-order chi connectivity index (χ0) is 20.1. The van der Waals surface area contributed by atoms with Crippen LogP contribution >= 0.6 is 0 Å². The van der Waals surface area contributed by atoms with Gasteiger partial charge in [0.05, 0.1) is 14.2 Å². The largest absolute Gasteiger partial charge is 0.481 e. The number of aromatic nitrogens is 1. The standard InChI is InChI=1S/C22H29N3O3/c1-15(2)16-7-9-17(10-8-16)23-18-6-5-13-25(14-18)22(26)19-11-12-20(27-3)24-21(19)28-4/h7-12,15,18,23H,5-6,13-14H2,1-4H3/t18-/m0/s1. The van der Waals surface area contributed by atoms with Crippen LogP contribution in [0.3, 0.4) is 0 Å². The summed E-state index contributed by atoms with van der Waals surface area (Å²) in [6.07, 6.45) is 1.99. The molecule has 1 aliphatic heterocycles. The zero-order valence-electron chi connectivity index (χ0n) is 17.1. The van der Waals surface area contributed by atoms with Gasteiger partial charge >= 0.3 is 0 Å². The number of carbonyl (C=O) groups excluding carboxylic acids is 1. The summed E-state index contributed by atoms with van der Waals surface area (Å²) in [6.45, 7) is 5.77. The maximum atomic E-state index is 13.0. The lowest BCUT2D eigenvalue weighted by Crippen LogP contribution is -2.45. The van der Waals surface area contributed by atoms with Gasteiger partial charge in [-0.05, 0) is 42.5 Å². The van der Waals surface area contributed by atoms with E-state index in [1.54, 1.807) is 12.1 Å². The molecule has 3 rings (SSSR count). The summed E-state index contributed by atoms with van der Waals surface area (Å²) in [5, 5.41) is 3.57. The summed E-state index contributed by atoms with van der Waals surface area (Å²) in [7, 11) is 3.05. The Balaban J connectivity index is 1.68. The summed E-state index contributed by atoms with van der Waals surface area (Å²) in [5.41, 5.74) is 2.88. The molecule has 0 radical (unpaired) electrons. The molecule has 1 amide bonds. The van der Waals surface area contributed by atoms with Crippen molar-refractivity contribution < 1.29 is 14.3 Å². The predicted molar refractivity (Wildman–Crippen MR) is 110 cm³/mol. The second-order valence-corrected chi connectivity index (χ2v) is 7.42. The summed E-state index contributed by atoms with van der Waals surface area (Å²) in [4.78, 5) is 19.1. The Morgan fingerprint density at radius 3 is 2.54 bits per heavy atom. The fraction of sp³-hybridized carbons (Fsp3) is 0.455. The van der Waals surface area contributed by atoms with Gasteiger partial charge in [-0.25, -0.2) is 0 Å². The molecular formula is C22H29N3O3. The third-order valence-corrected chi connectivity index (χ3v) is 5.12. The van der Waals surface area contributed by atoms with Crippen molar-refractivity contribution >= 4 is 11.6 Å². The van der Waals surface area contributed by atoms with Crippen LogP contribution in [0.2, 0.25) is 0 Å². The van der Waals surface area contributed by atoms with Crippen molar-refractivity contribution in [3.63, 3.8) is 0 Å². The quantitative estimate of drug-likeness (QED) is 0.819. The number of anilines is 1. The molecule has 28 heavy (non-hydrogen) atoms. The molecular weight excluding hydrogens is 354 g/mol. The number of piperidine rings is 1. The van der Waals surface area contributed by atoms with Crippen LogP contribution < -0.4 is 14.8 Å². The van der Waals surface area contributed by atoms with Crippen LogP contribution in [0.5, 0.6) is 11.8 Å². The highest BCUT2D eigenvalue weighted by Crippen LogP contribution is 2.24. The van der Waals surface area contributed by atoms with Crippen molar-refractivity contribution in [1.29, 1.82) is 0 Å². The van der Waals surface area contributed by atoms with Crippen molar-refractivity contribution in [2.75, 3.05) is 32.6 Å². The Morgan fingerprint density at radius 2 is 1.89 bits per heavy atom. The number of likely N-dealkylation sites (tertiary alicyclic amines) is 1. The van der Waals surface area contributed by atoms with Gasteiger partial charge in [0.15, 0.2) is 0 Å². The topological polar surface area (TPSA) is 63.7 Å². The monoisotopic (exact) mass is 383 g/mol. The van der Waals surface area contributed by atoms with E-state index in [1.807, 2.05) is 4.90 Å². The van der Waals surface area contributed by atoms with E-state index in [4.69, 9.17) is 9.47 Å². The van der Waals surface area contributed by atoms with Gasteiger partial charge in [0.2, 0.25) is 11.8 Å². The van der Waals surface area contributed by atoms with Gasteiger partial charge in [-0.2, -0.15) is 4.98 Å². The zero-order valence-corrected chi connectivity index (χ0v) is 17.1. The molecule has 1 aromatic carbocycles. The molecule has 6 nitrogen and oxygen atoms in total. The molecule has 1 N–H and O–H groups in total. The first-order valence-corrected chi connectivity index (χ1v) is 9.76. The molecule has 1 aromatic heterocycles. The minimum absolute atomic E-state index is 0.0614. The number of ether oxygens (including phenoxy) is 2. The highest BCUT2D eigenvalue weighted by molar-refractivity contribution is 5.96. The van der Waals surface area contributed by atoms with Gasteiger partial charge in [-0.1, -0.05) is 26.0 Å². The number of carbonyl (C=O) groups is 1. The Labute approximate surface area is 166 Å². The molecule has 1 aliphatic rings. The Kier molecular flexibility index (Phi) is 6.39. The molecule has 0 aliphatic carbocycles. The lowest BCUT2D eigenvalue weighted by Gasteiger charge is -2.34. The fourth-order valence-corrected chi connectivity index (χ4v) is 3.51. The highest BCUT2D eigenvalue weighted by atomic mass is 16.5. The second kappa shape index (κ2) is 8.95. The molecule has 150 valence electrons. The van der Waals surface area contributed by atoms with Crippen molar-refractivity contribution in [3.05, 3.63) is 47.5 Å². The average molecular weight is 383 g/mol. The minimum atomic E-state index is -0.0614. The number of amides is 1. The molecule has 0 unspecified atom stereocenters. The number of pyridine rings is 1. The molecule has 0 saturated carbocycles. The van der Waals surface area contributed by atoms with E-state index in [0.29, 0.717) is 29.8 Å². The summed E-state index contributed by atoms with van der Waals surface area (Å²) < 4.78 is 10.4. The van der Waals surface area contributed by atoms with E-state index >= 15 is 0 Å². The number of benzene rings is 1. The Bertz CT molecular complexity index is 805. The van der Waals surface area contributed by atoms with Gasteiger partial charge in [-0.3, -0.25) is 4.79 Å². The van der Waals surface area contributed by atoms with Gasteiger partial charge in [0, 0.05) is 30.9 Å². The van der Waals surface area contributed by atoms with E-state index in [2.05, 4.69) is 48.4 Å². The number of hydrogen-bond donors (Lipinski definition) is 1. The van der Waals surface area contributed by atoms with E-state index in [1.165, 1.54) is 19.8 Å².